The van der Waals surface area contributed by atoms with Gasteiger partial charge in [-0.3, -0.25) is 14.2 Å². The third-order valence-corrected chi connectivity index (χ3v) is 4.35. The normalized spacial score (nSPS) is 14.2. The van der Waals surface area contributed by atoms with E-state index in [9.17, 15) is 14.7 Å². The van der Waals surface area contributed by atoms with Crippen molar-refractivity contribution >= 4 is 17.5 Å². The molecule has 1 N–H and O–H groups in total. The molecule has 0 radical (unpaired) electrons. The Morgan fingerprint density at radius 3 is 2.56 bits per heavy atom. The van der Waals surface area contributed by atoms with Gasteiger partial charge in [0.25, 0.3) is 11.5 Å². The summed E-state index contributed by atoms with van der Waals surface area (Å²) in [7, 11) is 3.49. The van der Waals surface area contributed by atoms with Crippen LogP contribution in [0.2, 0.25) is 0 Å². The fourth-order valence-electron chi connectivity index (χ4n) is 3.15. The Bertz CT molecular complexity index is 1040. The van der Waals surface area contributed by atoms with Crippen molar-refractivity contribution in [2.24, 2.45) is 0 Å². The largest absolute Gasteiger partial charge is 0.494 e. The van der Waals surface area contributed by atoms with Gasteiger partial charge in [-0.25, -0.2) is 4.40 Å². The maximum Gasteiger partial charge on any atom is 0.276 e. The van der Waals surface area contributed by atoms with Gasteiger partial charge in [0.05, 0.1) is 19.3 Å². The van der Waals surface area contributed by atoms with Crippen molar-refractivity contribution in [1.29, 1.82) is 0 Å². The van der Waals surface area contributed by atoms with Gasteiger partial charge in [0.2, 0.25) is 11.7 Å². The van der Waals surface area contributed by atoms with Crippen LogP contribution in [0.3, 0.4) is 0 Å². The Morgan fingerprint density at radius 1 is 1.12 bits per heavy atom. The zero-order chi connectivity index (χ0) is 17.7. The van der Waals surface area contributed by atoms with Gasteiger partial charge in [-0.1, -0.05) is 30.3 Å². The zero-order valence-corrected chi connectivity index (χ0v) is 13.9. The zero-order valence-electron chi connectivity index (χ0n) is 13.9. The van der Waals surface area contributed by atoms with Crippen LogP contribution in [-0.4, -0.2) is 50.6 Å². The number of hydrogen-bond donors (Lipinski definition) is 1. The van der Waals surface area contributed by atoms with Crippen molar-refractivity contribution in [1.82, 2.24) is 18.9 Å². The highest BCUT2D eigenvalue weighted by molar-refractivity contribution is 6.00. The number of fused-ring (bicyclic) bond motifs is 3. The molecule has 0 saturated carbocycles. The number of aromatic hydroxyl groups is 1. The van der Waals surface area contributed by atoms with Gasteiger partial charge in [-0.15, -0.1) is 0 Å². The van der Waals surface area contributed by atoms with Crippen LogP contribution in [0.1, 0.15) is 16.1 Å². The number of anilines is 1. The van der Waals surface area contributed by atoms with Crippen LogP contribution in [-0.2, 0) is 6.54 Å². The third-order valence-electron chi connectivity index (χ3n) is 4.35. The lowest BCUT2D eigenvalue weighted by molar-refractivity contribution is 0.0776. The minimum absolute atomic E-state index is 0.245. The molecule has 3 aromatic rings. The molecule has 4 rings (SSSR count). The molecule has 0 atom stereocenters. The molecule has 8 heteroatoms. The summed E-state index contributed by atoms with van der Waals surface area (Å²) in [6.45, 7) is 0.687. The van der Waals surface area contributed by atoms with E-state index >= 15 is 0 Å². The molecular weight excluding hydrogens is 322 g/mol. The second kappa shape index (κ2) is 5.37. The Hall–Kier alpha value is -3.29. The van der Waals surface area contributed by atoms with Gasteiger partial charge < -0.3 is 14.9 Å². The molecule has 1 aliphatic heterocycles. The van der Waals surface area contributed by atoms with Gasteiger partial charge in [0.15, 0.2) is 11.5 Å². The van der Waals surface area contributed by atoms with Gasteiger partial charge in [-0.05, 0) is 5.56 Å². The first-order chi connectivity index (χ1) is 12.0. The Balaban J connectivity index is 2.00. The van der Waals surface area contributed by atoms with Crippen LogP contribution in [0.5, 0.6) is 5.88 Å². The van der Waals surface area contributed by atoms with Crippen LogP contribution >= 0.6 is 0 Å². The van der Waals surface area contributed by atoms with Crippen LogP contribution in [0, 0.1) is 0 Å². The predicted molar refractivity (Wildman–Crippen MR) is 92.0 cm³/mol. The molecule has 0 spiro atoms. The summed E-state index contributed by atoms with van der Waals surface area (Å²) in [4.78, 5) is 32.8. The first kappa shape index (κ1) is 15.3. The molecule has 0 aliphatic carbocycles. The number of carbonyl (C=O) groups excluding carboxylic acids is 1. The van der Waals surface area contributed by atoms with Crippen molar-refractivity contribution in [2.75, 3.05) is 25.7 Å². The second-order valence-electron chi connectivity index (χ2n) is 6.17. The minimum Gasteiger partial charge on any atom is -0.494 e. The first-order valence-corrected chi connectivity index (χ1v) is 7.83. The van der Waals surface area contributed by atoms with E-state index in [1.165, 1.54) is 13.9 Å². The standard InChI is InChI=1S/C17H17N5O3/c1-19-10-20(2)16(25)14-15(19)18-17-21(9-11-6-4-3-5-7-11)12(23)8-13(24)22(14)17/h3-8,24H,9-10H2,1-2H3. The van der Waals surface area contributed by atoms with Crippen LogP contribution in [0.25, 0.3) is 5.78 Å². The fraction of sp³-hybridized carbons (Fsp3) is 0.235. The third kappa shape index (κ3) is 2.25. The lowest BCUT2D eigenvalue weighted by atomic mass is 10.2. The van der Waals surface area contributed by atoms with E-state index in [1.54, 1.807) is 11.9 Å². The number of amides is 1. The summed E-state index contributed by atoms with van der Waals surface area (Å²) >= 11 is 0. The quantitative estimate of drug-likeness (QED) is 0.744. The molecule has 0 bridgehead atoms. The molecular formula is C17H17N5O3. The predicted octanol–water partition coefficient (Wildman–Crippen LogP) is 0.729. The van der Waals surface area contributed by atoms with E-state index in [2.05, 4.69) is 4.98 Å². The smallest absolute Gasteiger partial charge is 0.276 e. The highest BCUT2D eigenvalue weighted by atomic mass is 16.3. The molecule has 1 aliphatic rings. The monoisotopic (exact) mass is 339 g/mol. The van der Waals surface area contributed by atoms with Crippen LogP contribution in [0.4, 0.5) is 5.82 Å². The van der Waals surface area contributed by atoms with Crippen molar-refractivity contribution in [3.63, 3.8) is 0 Å². The lowest BCUT2D eigenvalue weighted by Gasteiger charge is -2.30. The maximum absolute atomic E-state index is 12.6. The average molecular weight is 339 g/mol. The highest BCUT2D eigenvalue weighted by Crippen LogP contribution is 2.28. The summed E-state index contributed by atoms with van der Waals surface area (Å²) in [5, 5.41) is 10.3. The van der Waals surface area contributed by atoms with Crippen molar-refractivity contribution in [3.8, 4) is 5.88 Å². The van der Waals surface area contributed by atoms with Gasteiger partial charge in [0, 0.05) is 14.1 Å². The molecule has 0 fully saturated rings. The summed E-state index contributed by atoms with van der Waals surface area (Å²) in [6.07, 6.45) is 0. The van der Waals surface area contributed by atoms with E-state index in [-0.39, 0.29) is 28.8 Å². The fourth-order valence-corrected chi connectivity index (χ4v) is 3.15. The van der Waals surface area contributed by atoms with E-state index in [1.807, 2.05) is 37.4 Å². The van der Waals surface area contributed by atoms with Gasteiger partial charge in [-0.2, -0.15) is 4.98 Å². The molecule has 2 aromatic heterocycles. The van der Waals surface area contributed by atoms with E-state index in [0.29, 0.717) is 19.0 Å². The van der Waals surface area contributed by atoms with Crippen molar-refractivity contribution in [2.45, 2.75) is 6.54 Å². The maximum atomic E-state index is 12.6. The molecule has 1 aromatic carbocycles. The summed E-state index contributed by atoms with van der Waals surface area (Å²) in [5.41, 5.74) is 0.806. The summed E-state index contributed by atoms with van der Waals surface area (Å²) in [6, 6.07) is 10.6. The second-order valence-corrected chi connectivity index (χ2v) is 6.17. The van der Waals surface area contributed by atoms with Crippen molar-refractivity contribution in [3.05, 3.63) is 58.0 Å². The molecule has 1 amide bonds. The highest BCUT2D eigenvalue weighted by Gasteiger charge is 2.32. The number of benzene rings is 1. The van der Waals surface area contributed by atoms with E-state index < -0.39 is 0 Å². The van der Waals surface area contributed by atoms with Gasteiger partial charge >= 0.3 is 0 Å². The minimum atomic E-state index is -0.375. The number of rotatable bonds is 2. The molecule has 0 unspecified atom stereocenters. The number of nitrogens with zero attached hydrogens (tertiary/aromatic N) is 5. The summed E-state index contributed by atoms with van der Waals surface area (Å²) < 4.78 is 2.79. The van der Waals surface area contributed by atoms with Gasteiger partial charge in [0.1, 0.15) is 0 Å². The Morgan fingerprint density at radius 2 is 1.84 bits per heavy atom. The lowest BCUT2D eigenvalue weighted by Crippen LogP contribution is -2.43. The molecule has 3 heterocycles. The van der Waals surface area contributed by atoms with Crippen LogP contribution < -0.4 is 10.5 Å². The SMILES string of the molecule is CN1CN(C)c2nc3n(Cc4ccccc4)c(=O)cc(O)n3c2C1=O. The Kier molecular flexibility index (Phi) is 3.28. The number of imidazole rings is 1. The average Bonchev–Trinajstić information content (AvgIpc) is 2.99. The number of aromatic nitrogens is 3. The van der Waals surface area contributed by atoms with Crippen LogP contribution in [0.15, 0.2) is 41.2 Å². The Labute approximate surface area is 143 Å². The number of hydrogen-bond acceptors (Lipinski definition) is 5. The van der Waals surface area contributed by atoms with E-state index in [0.717, 1.165) is 11.6 Å². The first-order valence-electron chi connectivity index (χ1n) is 7.83. The number of carbonyl (C=O) groups is 1. The molecule has 25 heavy (non-hydrogen) atoms. The molecule has 8 nitrogen and oxygen atoms in total. The van der Waals surface area contributed by atoms with Crippen molar-refractivity contribution < 1.29 is 9.90 Å². The topological polar surface area (TPSA) is 83.1 Å². The summed E-state index contributed by atoms with van der Waals surface area (Å²) in [5.74, 6) is 0.149. The molecule has 128 valence electrons. The van der Waals surface area contributed by atoms with E-state index in [4.69, 9.17) is 0 Å². The molecule has 0 saturated heterocycles.